The van der Waals surface area contributed by atoms with Gasteiger partial charge in [0.25, 0.3) is 0 Å². The van der Waals surface area contributed by atoms with Crippen LogP contribution in [0.25, 0.3) is 0 Å². The Balaban J connectivity index is 2.67. The van der Waals surface area contributed by atoms with E-state index in [4.69, 9.17) is 5.11 Å². The summed E-state index contributed by atoms with van der Waals surface area (Å²) in [7, 11) is 0. The van der Waals surface area contributed by atoms with E-state index in [-0.39, 0.29) is 31.5 Å². The summed E-state index contributed by atoms with van der Waals surface area (Å²) < 4.78 is 49.1. The zero-order chi connectivity index (χ0) is 13.2. The molecule has 4 nitrogen and oxygen atoms in total. The summed E-state index contributed by atoms with van der Waals surface area (Å²) in [4.78, 5) is 21.6. The van der Waals surface area contributed by atoms with Crippen molar-refractivity contribution in [1.82, 2.24) is 4.90 Å². The molecule has 1 fully saturated rings. The summed E-state index contributed by atoms with van der Waals surface area (Å²) in [5, 5.41) is 8.35. The van der Waals surface area contributed by atoms with Gasteiger partial charge in [-0.25, -0.2) is 4.79 Å². The molecule has 0 saturated carbocycles. The molecule has 0 aromatic carbocycles. The number of nitrogens with zero attached hydrogens (tertiary/aromatic N) is 1. The normalized spacial score (nSPS) is 16.9. The van der Waals surface area contributed by atoms with E-state index in [1.54, 1.807) is 0 Å². The number of hydrogen-bond donors (Lipinski definition) is 1. The fourth-order valence-corrected chi connectivity index (χ4v) is 1.53. The van der Waals surface area contributed by atoms with Crippen LogP contribution in [0.15, 0.2) is 11.4 Å². The Hall–Kier alpha value is -1.60. The Morgan fingerprint density at radius 3 is 2.00 bits per heavy atom. The van der Waals surface area contributed by atoms with Crippen molar-refractivity contribution in [3.8, 4) is 0 Å². The highest BCUT2D eigenvalue weighted by molar-refractivity contribution is 5.85. The SMILES string of the molecule is O=C(O)C(F)=C1CCN(C(=O)C(F)(F)F)CC1. The van der Waals surface area contributed by atoms with E-state index in [9.17, 15) is 27.2 Å². The summed E-state index contributed by atoms with van der Waals surface area (Å²) in [6.45, 7) is -0.650. The predicted molar refractivity (Wildman–Crippen MR) is 47.6 cm³/mol. The summed E-state index contributed by atoms with van der Waals surface area (Å²) in [6, 6.07) is 0. The number of halogens is 4. The van der Waals surface area contributed by atoms with Gasteiger partial charge in [0.15, 0.2) is 0 Å². The van der Waals surface area contributed by atoms with Crippen molar-refractivity contribution >= 4 is 11.9 Å². The number of carboxylic acid groups (broad SMARTS) is 1. The van der Waals surface area contributed by atoms with Gasteiger partial charge >= 0.3 is 18.1 Å². The van der Waals surface area contributed by atoms with Crippen molar-refractivity contribution in [2.45, 2.75) is 19.0 Å². The van der Waals surface area contributed by atoms with Crippen LogP contribution in [-0.2, 0) is 9.59 Å². The van der Waals surface area contributed by atoms with E-state index in [0.29, 0.717) is 4.90 Å². The van der Waals surface area contributed by atoms with E-state index in [0.717, 1.165) is 0 Å². The molecule has 0 radical (unpaired) electrons. The molecule has 1 aliphatic rings. The molecule has 8 heteroatoms. The van der Waals surface area contributed by atoms with Crippen LogP contribution in [0.4, 0.5) is 17.6 Å². The average Bonchev–Trinajstić information content (AvgIpc) is 2.26. The van der Waals surface area contributed by atoms with Crippen LogP contribution in [0.2, 0.25) is 0 Å². The van der Waals surface area contributed by atoms with Gasteiger partial charge in [-0.3, -0.25) is 4.79 Å². The monoisotopic (exact) mass is 255 g/mol. The Morgan fingerprint density at radius 2 is 1.65 bits per heavy atom. The molecule has 0 bridgehead atoms. The van der Waals surface area contributed by atoms with Crippen molar-refractivity contribution in [3.63, 3.8) is 0 Å². The van der Waals surface area contributed by atoms with Crippen LogP contribution < -0.4 is 0 Å². The molecular formula is C9H9F4NO3. The third-order valence-corrected chi connectivity index (χ3v) is 2.39. The van der Waals surface area contributed by atoms with Gasteiger partial charge in [-0.1, -0.05) is 0 Å². The van der Waals surface area contributed by atoms with E-state index < -0.39 is 23.9 Å². The molecule has 1 amide bonds. The quantitative estimate of drug-likeness (QED) is 0.570. The number of alkyl halides is 3. The maximum Gasteiger partial charge on any atom is 0.471 e. The third kappa shape index (κ3) is 3.18. The number of hydrogen-bond acceptors (Lipinski definition) is 2. The van der Waals surface area contributed by atoms with E-state index in [2.05, 4.69) is 0 Å². The third-order valence-electron chi connectivity index (χ3n) is 2.39. The lowest BCUT2D eigenvalue weighted by atomic mass is 10.0. The van der Waals surface area contributed by atoms with Crippen LogP contribution >= 0.6 is 0 Å². The number of carbonyl (C=O) groups is 2. The first-order chi connectivity index (χ1) is 7.73. The summed E-state index contributed by atoms with van der Waals surface area (Å²) in [5.41, 5.74) is -0.0660. The van der Waals surface area contributed by atoms with Gasteiger partial charge in [0.2, 0.25) is 5.83 Å². The Bertz CT molecular complexity index is 365. The Morgan fingerprint density at radius 1 is 1.18 bits per heavy atom. The van der Waals surface area contributed by atoms with Gasteiger partial charge in [-0.05, 0) is 18.4 Å². The molecule has 17 heavy (non-hydrogen) atoms. The number of carbonyl (C=O) groups excluding carboxylic acids is 1. The van der Waals surface area contributed by atoms with Crippen molar-refractivity contribution in [2.75, 3.05) is 13.1 Å². The van der Waals surface area contributed by atoms with Gasteiger partial charge in [0.05, 0.1) is 0 Å². The molecule has 0 aromatic heterocycles. The molecular weight excluding hydrogens is 246 g/mol. The van der Waals surface area contributed by atoms with Crippen molar-refractivity contribution in [1.29, 1.82) is 0 Å². The fourth-order valence-electron chi connectivity index (χ4n) is 1.53. The molecule has 0 atom stereocenters. The second kappa shape index (κ2) is 4.72. The minimum absolute atomic E-state index is 0.0660. The number of carboxylic acids is 1. The van der Waals surface area contributed by atoms with Crippen LogP contribution in [-0.4, -0.2) is 41.1 Å². The van der Waals surface area contributed by atoms with Crippen LogP contribution in [0.5, 0.6) is 0 Å². The Kier molecular flexibility index (Phi) is 3.74. The number of amides is 1. The highest BCUT2D eigenvalue weighted by Gasteiger charge is 2.43. The molecule has 1 heterocycles. The smallest absolute Gasteiger partial charge is 0.471 e. The molecule has 1 rings (SSSR count). The molecule has 1 aliphatic heterocycles. The molecule has 1 N–H and O–H groups in total. The van der Waals surface area contributed by atoms with Crippen molar-refractivity contribution < 1.29 is 32.3 Å². The fraction of sp³-hybridized carbons (Fsp3) is 0.556. The lowest BCUT2D eigenvalue weighted by Gasteiger charge is -2.28. The highest BCUT2D eigenvalue weighted by atomic mass is 19.4. The zero-order valence-electron chi connectivity index (χ0n) is 8.55. The second-order valence-electron chi connectivity index (χ2n) is 3.51. The lowest BCUT2D eigenvalue weighted by molar-refractivity contribution is -0.185. The number of rotatable bonds is 1. The molecule has 0 aliphatic carbocycles. The lowest BCUT2D eigenvalue weighted by Crippen LogP contribution is -2.44. The molecule has 0 unspecified atom stereocenters. The van der Waals surface area contributed by atoms with Crippen LogP contribution in [0.1, 0.15) is 12.8 Å². The van der Waals surface area contributed by atoms with Gasteiger partial charge in [-0.15, -0.1) is 0 Å². The predicted octanol–water partition coefficient (Wildman–Crippen LogP) is 1.48. The number of aliphatic carboxylic acids is 1. The molecule has 0 spiro atoms. The Labute approximate surface area is 93.5 Å². The zero-order valence-corrected chi connectivity index (χ0v) is 8.55. The van der Waals surface area contributed by atoms with E-state index in [1.807, 2.05) is 0 Å². The van der Waals surface area contributed by atoms with Gasteiger partial charge in [-0.2, -0.15) is 17.6 Å². The maximum atomic E-state index is 12.9. The number of likely N-dealkylation sites (tertiary alicyclic amines) is 1. The summed E-state index contributed by atoms with van der Waals surface area (Å²) >= 11 is 0. The second-order valence-corrected chi connectivity index (χ2v) is 3.51. The van der Waals surface area contributed by atoms with Crippen molar-refractivity contribution in [2.24, 2.45) is 0 Å². The largest absolute Gasteiger partial charge is 0.476 e. The minimum Gasteiger partial charge on any atom is -0.476 e. The van der Waals surface area contributed by atoms with Gasteiger partial charge in [0.1, 0.15) is 0 Å². The minimum atomic E-state index is -4.95. The maximum absolute atomic E-state index is 12.9. The molecule has 96 valence electrons. The van der Waals surface area contributed by atoms with Gasteiger partial charge in [0, 0.05) is 13.1 Å². The summed E-state index contributed by atoms with van der Waals surface area (Å²) in [6.07, 6.45) is -5.34. The van der Waals surface area contributed by atoms with Gasteiger partial charge < -0.3 is 10.0 Å². The first kappa shape index (κ1) is 13.5. The topological polar surface area (TPSA) is 57.6 Å². The average molecular weight is 255 g/mol. The van der Waals surface area contributed by atoms with E-state index >= 15 is 0 Å². The van der Waals surface area contributed by atoms with E-state index in [1.165, 1.54) is 0 Å². The van der Waals surface area contributed by atoms with Crippen LogP contribution in [0.3, 0.4) is 0 Å². The van der Waals surface area contributed by atoms with Crippen LogP contribution in [0, 0.1) is 0 Å². The van der Waals surface area contributed by atoms with Crippen molar-refractivity contribution in [3.05, 3.63) is 11.4 Å². The molecule has 0 aromatic rings. The summed E-state index contributed by atoms with van der Waals surface area (Å²) in [5.74, 6) is -5.06. The first-order valence-corrected chi connectivity index (χ1v) is 4.70. The molecule has 1 saturated heterocycles. The standard InChI is InChI=1S/C9H9F4NO3/c10-6(7(15)16)5-1-3-14(4-2-5)8(17)9(11,12)13/h1-4H2,(H,15,16). The first-order valence-electron chi connectivity index (χ1n) is 4.70. The number of piperidine rings is 1. The highest BCUT2D eigenvalue weighted by Crippen LogP contribution is 2.25.